The van der Waals surface area contributed by atoms with E-state index in [0.29, 0.717) is 11.3 Å². The van der Waals surface area contributed by atoms with E-state index in [4.69, 9.17) is 0 Å². The number of pyridine rings is 1. The van der Waals surface area contributed by atoms with E-state index in [1.54, 1.807) is 25.1 Å². The van der Waals surface area contributed by atoms with Crippen molar-refractivity contribution in [3.63, 3.8) is 0 Å². The summed E-state index contributed by atoms with van der Waals surface area (Å²) < 4.78 is 28.6. The first-order valence-corrected chi connectivity index (χ1v) is 8.38. The molecule has 3 rings (SSSR count). The minimum Gasteiger partial charge on any atom is -0.435 e. The molecule has 0 spiro atoms. The van der Waals surface area contributed by atoms with E-state index in [9.17, 15) is 13.6 Å². The molecule has 0 aliphatic heterocycles. The highest BCUT2D eigenvalue weighted by Crippen LogP contribution is 2.19. The first-order valence-electron chi connectivity index (χ1n) is 8.38. The standard InChI is InChI=1S/C21H18F2N2O2/c1-14-18(11-12-19(25-14)16-5-3-2-4-6-16)20(26)24-13-15-7-9-17(10-8-15)27-21(22)23/h2-12,21H,13H2,1H3,(H,24,26). The predicted molar refractivity (Wildman–Crippen MR) is 98.7 cm³/mol. The first-order chi connectivity index (χ1) is 13.0. The second kappa shape index (κ2) is 8.40. The van der Waals surface area contributed by atoms with Crippen molar-refractivity contribution >= 4 is 5.91 Å². The van der Waals surface area contributed by atoms with E-state index in [-0.39, 0.29) is 18.2 Å². The molecule has 6 heteroatoms. The maximum atomic E-state index is 12.4. The summed E-state index contributed by atoms with van der Waals surface area (Å²) >= 11 is 0. The van der Waals surface area contributed by atoms with Gasteiger partial charge in [-0.25, -0.2) is 0 Å². The molecular weight excluding hydrogens is 350 g/mol. The fraction of sp³-hybridized carbons (Fsp3) is 0.143. The Kier molecular flexibility index (Phi) is 5.76. The lowest BCUT2D eigenvalue weighted by atomic mass is 10.1. The lowest BCUT2D eigenvalue weighted by Gasteiger charge is -2.10. The predicted octanol–water partition coefficient (Wildman–Crippen LogP) is 4.59. The molecule has 2 aromatic carbocycles. The van der Waals surface area contributed by atoms with E-state index in [1.165, 1.54) is 12.1 Å². The number of rotatable bonds is 6. The summed E-state index contributed by atoms with van der Waals surface area (Å²) in [6, 6.07) is 19.4. The lowest BCUT2D eigenvalue weighted by Crippen LogP contribution is -2.24. The summed E-state index contributed by atoms with van der Waals surface area (Å²) in [5.74, 6) is -0.163. The third kappa shape index (κ3) is 4.88. The first kappa shape index (κ1) is 18.5. The molecule has 0 radical (unpaired) electrons. The van der Waals surface area contributed by atoms with Gasteiger partial charge in [-0.1, -0.05) is 42.5 Å². The van der Waals surface area contributed by atoms with Crippen LogP contribution in [0.15, 0.2) is 66.7 Å². The van der Waals surface area contributed by atoms with Gasteiger partial charge in [-0.15, -0.1) is 0 Å². The van der Waals surface area contributed by atoms with Gasteiger partial charge in [-0.2, -0.15) is 8.78 Å². The van der Waals surface area contributed by atoms with Crippen molar-refractivity contribution in [2.45, 2.75) is 20.1 Å². The number of amides is 1. The zero-order valence-corrected chi connectivity index (χ0v) is 14.7. The summed E-state index contributed by atoms with van der Waals surface area (Å²) in [6.45, 7) is -0.796. The highest BCUT2D eigenvalue weighted by molar-refractivity contribution is 5.95. The third-order valence-corrected chi connectivity index (χ3v) is 4.00. The Bertz CT molecular complexity index is 913. The Labute approximate surface area is 155 Å². The molecule has 0 unspecified atom stereocenters. The summed E-state index contributed by atoms with van der Waals surface area (Å²) in [5.41, 5.74) is 3.69. The van der Waals surface area contributed by atoms with Crippen LogP contribution < -0.4 is 10.1 Å². The summed E-state index contributed by atoms with van der Waals surface area (Å²) in [7, 11) is 0. The fourth-order valence-corrected chi connectivity index (χ4v) is 2.64. The molecule has 0 aliphatic carbocycles. The zero-order chi connectivity index (χ0) is 19.2. The normalized spacial score (nSPS) is 10.7. The van der Waals surface area contributed by atoms with Crippen LogP contribution in [-0.2, 0) is 6.54 Å². The van der Waals surface area contributed by atoms with Gasteiger partial charge >= 0.3 is 6.61 Å². The minimum atomic E-state index is -2.86. The van der Waals surface area contributed by atoms with Gasteiger partial charge in [-0.3, -0.25) is 9.78 Å². The van der Waals surface area contributed by atoms with Crippen LogP contribution in [0.25, 0.3) is 11.3 Å². The van der Waals surface area contributed by atoms with Gasteiger partial charge in [0.15, 0.2) is 0 Å². The van der Waals surface area contributed by atoms with E-state index >= 15 is 0 Å². The van der Waals surface area contributed by atoms with Gasteiger partial charge < -0.3 is 10.1 Å². The molecule has 0 saturated heterocycles. The molecule has 3 aromatic rings. The van der Waals surface area contributed by atoms with E-state index < -0.39 is 6.61 Å². The van der Waals surface area contributed by atoms with E-state index in [1.807, 2.05) is 36.4 Å². The van der Waals surface area contributed by atoms with Crippen LogP contribution in [0.3, 0.4) is 0 Å². The molecule has 1 heterocycles. The number of carbonyl (C=O) groups is 1. The van der Waals surface area contributed by atoms with E-state index in [2.05, 4.69) is 15.0 Å². The van der Waals surface area contributed by atoms with Crippen molar-refractivity contribution in [1.29, 1.82) is 0 Å². The lowest BCUT2D eigenvalue weighted by molar-refractivity contribution is -0.0498. The molecule has 0 aliphatic rings. The Hall–Kier alpha value is -3.28. The molecule has 1 N–H and O–H groups in total. The van der Waals surface area contributed by atoms with Crippen molar-refractivity contribution in [2.75, 3.05) is 0 Å². The second-order valence-electron chi connectivity index (χ2n) is 5.90. The number of aryl methyl sites for hydroxylation is 1. The van der Waals surface area contributed by atoms with Crippen LogP contribution in [0.5, 0.6) is 5.75 Å². The number of carbonyl (C=O) groups excluding carboxylic acids is 1. The van der Waals surface area contributed by atoms with Crippen LogP contribution in [0.4, 0.5) is 8.78 Å². The van der Waals surface area contributed by atoms with Gasteiger partial charge in [-0.05, 0) is 36.8 Å². The van der Waals surface area contributed by atoms with Crippen molar-refractivity contribution in [1.82, 2.24) is 10.3 Å². The fourth-order valence-electron chi connectivity index (χ4n) is 2.64. The molecular formula is C21H18F2N2O2. The Morgan fingerprint density at radius 2 is 1.74 bits per heavy atom. The summed E-state index contributed by atoms with van der Waals surface area (Å²) in [6.07, 6.45) is 0. The van der Waals surface area contributed by atoms with Crippen molar-refractivity contribution < 1.29 is 18.3 Å². The highest BCUT2D eigenvalue weighted by Gasteiger charge is 2.11. The Morgan fingerprint density at radius 3 is 2.37 bits per heavy atom. The highest BCUT2D eigenvalue weighted by atomic mass is 19.3. The van der Waals surface area contributed by atoms with Crippen molar-refractivity contribution in [3.8, 4) is 17.0 Å². The number of alkyl halides is 2. The minimum absolute atomic E-state index is 0.0802. The van der Waals surface area contributed by atoms with Gasteiger partial charge in [0.2, 0.25) is 0 Å². The molecule has 1 aromatic heterocycles. The van der Waals surface area contributed by atoms with Gasteiger partial charge in [0.25, 0.3) is 5.91 Å². The molecule has 0 bridgehead atoms. The average molecular weight is 368 g/mol. The van der Waals surface area contributed by atoms with Crippen molar-refractivity contribution in [2.24, 2.45) is 0 Å². The largest absolute Gasteiger partial charge is 0.435 e. The monoisotopic (exact) mass is 368 g/mol. The zero-order valence-electron chi connectivity index (χ0n) is 14.7. The molecule has 27 heavy (non-hydrogen) atoms. The number of nitrogens with one attached hydrogen (secondary N) is 1. The molecule has 1 amide bonds. The molecule has 0 fully saturated rings. The smallest absolute Gasteiger partial charge is 0.387 e. The number of halogens is 2. The molecule has 0 saturated carbocycles. The van der Waals surface area contributed by atoms with Crippen LogP contribution in [-0.4, -0.2) is 17.5 Å². The van der Waals surface area contributed by atoms with Gasteiger partial charge in [0, 0.05) is 12.1 Å². The van der Waals surface area contributed by atoms with Crippen LogP contribution >= 0.6 is 0 Å². The maximum absolute atomic E-state index is 12.4. The Morgan fingerprint density at radius 1 is 1.04 bits per heavy atom. The number of benzene rings is 2. The van der Waals surface area contributed by atoms with Crippen LogP contribution in [0, 0.1) is 6.92 Å². The quantitative estimate of drug-likeness (QED) is 0.692. The molecule has 4 nitrogen and oxygen atoms in total. The molecule has 138 valence electrons. The number of hydrogen-bond acceptors (Lipinski definition) is 3. The number of ether oxygens (including phenoxy) is 1. The van der Waals surface area contributed by atoms with Crippen molar-refractivity contribution in [3.05, 3.63) is 83.6 Å². The number of hydrogen-bond donors (Lipinski definition) is 1. The van der Waals surface area contributed by atoms with Crippen LogP contribution in [0.1, 0.15) is 21.6 Å². The third-order valence-electron chi connectivity index (χ3n) is 4.00. The van der Waals surface area contributed by atoms with Gasteiger partial charge in [0.1, 0.15) is 5.75 Å². The SMILES string of the molecule is Cc1nc(-c2ccccc2)ccc1C(=O)NCc1ccc(OC(F)F)cc1. The number of aromatic nitrogens is 1. The topological polar surface area (TPSA) is 51.2 Å². The number of nitrogens with zero attached hydrogens (tertiary/aromatic N) is 1. The maximum Gasteiger partial charge on any atom is 0.387 e. The molecule has 0 atom stereocenters. The van der Waals surface area contributed by atoms with Gasteiger partial charge in [0.05, 0.1) is 17.0 Å². The summed E-state index contributed by atoms with van der Waals surface area (Å²) in [5, 5.41) is 2.81. The average Bonchev–Trinajstić information content (AvgIpc) is 2.67. The van der Waals surface area contributed by atoms with E-state index in [0.717, 1.165) is 16.8 Å². The Balaban J connectivity index is 1.64. The summed E-state index contributed by atoms with van der Waals surface area (Å²) in [4.78, 5) is 16.9. The van der Waals surface area contributed by atoms with Crippen LogP contribution in [0.2, 0.25) is 0 Å². The second-order valence-corrected chi connectivity index (χ2v) is 5.90.